The van der Waals surface area contributed by atoms with Crippen molar-refractivity contribution in [2.45, 2.75) is 72.6 Å². The first kappa shape index (κ1) is 28.1. The molecule has 38 heavy (non-hydrogen) atoms. The van der Waals surface area contributed by atoms with Gasteiger partial charge in [0.1, 0.15) is 0 Å². The lowest BCUT2D eigenvalue weighted by molar-refractivity contribution is 0.0741. The van der Waals surface area contributed by atoms with Crippen LogP contribution in [0.2, 0.25) is 0 Å². The van der Waals surface area contributed by atoms with Gasteiger partial charge in [-0.3, -0.25) is 9.78 Å². The van der Waals surface area contributed by atoms with Gasteiger partial charge in [-0.1, -0.05) is 34.1 Å². The minimum absolute atomic E-state index is 0.121. The second-order valence-electron chi connectivity index (χ2n) is 11.6. The number of pyridine rings is 2. The van der Waals surface area contributed by atoms with Crippen LogP contribution < -0.4 is 5.32 Å². The smallest absolute Gasteiger partial charge is 0.253 e. The van der Waals surface area contributed by atoms with Crippen LogP contribution in [0, 0.1) is 11.8 Å². The highest BCUT2D eigenvalue weighted by Gasteiger charge is 2.20. The maximum Gasteiger partial charge on any atom is 0.253 e. The Morgan fingerprint density at radius 1 is 1.05 bits per heavy atom. The average Bonchev–Trinajstić information content (AvgIpc) is 3.25. The number of aryl methyl sites for hydroxylation is 1. The fourth-order valence-corrected chi connectivity index (χ4v) is 5.14. The number of amides is 1. The number of likely N-dealkylation sites (tertiary alicyclic amines) is 1. The molecule has 206 valence electrons. The number of piperidine rings is 1. The molecule has 4 rings (SSSR count). The van der Waals surface area contributed by atoms with Crippen LogP contribution >= 0.6 is 0 Å². The van der Waals surface area contributed by atoms with Gasteiger partial charge >= 0.3 is 0 Å². The lowest BCUT2D eigenvalue weighted by Crippen LogP contribution is -2.34. The quantitative estimate of drug-likeness (QED) is 0.283. The molecule has 4 heterocycles. The summed E-state index contributed by atoms with van der Waals surface area (Å²) < 4.78 is 1.91. The molecule has 7 heteroatoms. The summed E-state index contributed by atoms with van der Waals surface area (Å²) in [6, 6.07) is 7.90. The van der Waals surface area contributed by atoms with E-state index in [0.717, 1.165) is 73.5 Å². The fraction of sp³-hybridized carbons (Fsp3) is 0.581. The van der Waals surface area contributed by atoms with Gasteiger partial charge in [-0.15, -0.1) is 5.10 Å². The molecular weight excluding hydrogens is 472 g/mol. The summed E-state index contributed by atoms with van der Waals surface area (Å²) in [7, 11) is 0. The zero-order valence-corrected chi connectivity index (χ0v) is 23.8. The first-order valence-electron chi connectivity index (χ1n) is 14.6. The second kappa shape index (κ2) is 13.7. The summed E-state index contributed by atoms with van der Waals surface area (Å²) in [4.78, 5) is 22.6. The maximum atomic E-state index is 13.7. The summed E-state index contributed by atoms with van der Waals surface area (Å²) in [6.45, 7) is 14.0. The van der Waals surface area contributed by atoms with Gasteiger partial charge in [-0.05, 0) is 94.3 Å². The van der Waals surface area contributed by atoms with Crippen LogP contribution in [0.3, 0.4) is 0 Å². The molecule has 0 saturated carbocycles. The van der Waals surface area contributed by atoms with Crippen molar-refractivity contribution in [3.63, 3.8) is 0 Å². The van der Waals surface area contributed by atoms with E-state index in [9.17, 15) is 4.79 Å². The zero-order chi connectivity index (χ0) is 26.9. The van der Waals surface area contributed by atoms with Crippen molar-refractivity contribution in [1.82, 2.24) is 24.4 Å². The number of carbonyl (C=O) groups is 1. The molecule has 0 atom stereocenters. The monoisotopic (exact) mass is 518 g/mol. The Hall–Kier alpha value is -2.93. The minimum Gasteiger partial charge on any atom is -0.339 e. The van der Waals surface area contributed by atoms with Crippen molar-refractivity contribution in [3.8, 4) is 0 Å². The van der Waals surface area contributed by atoms with Crippen LogP contribution in [-0.2, 0) is 6.42 Å². The Labute approximate surface area is 228 Å². The Morgan fingerprint density at radius 3 is 2.45 bits per heavy atom. The van der Waals surface area contributed by atoms with Gasteiger partial charge in [-0.2, -0.15) is 0 Å². The molecule has 3 aromatic rings. The summed E-state index contributed by atoms with van der Waals surface area (Å²) in [6.07, 6.45) is 13.5. The SMILES string of the molecule is CC(C)CCN(CCC(C)C)C(=O)c1ccn2nc(Nc3cccnc3)c(CCCN3CCCCC3)c2c1. The van der Waals surface area contributed by atoms with Crippen LogP contribution in [0.15, 0.2) is 42.9 Å². The summed E-state index contributed by atoms with van der Waals surface area (Å²) >= 11 is 0. The second-order valence-corrected chi connectivity index (χ2v) is 11.6. The highest BCUT2D eigenvalue weighted by atomic mass is 16.2. The predicted molar refractivity (Wildman–Crippen MR) is 156 cm³/mol. The minimum atomic E-state index is 0.121. The molecule has 1 aliphatic rings. The standard InChI is InChI=1S/C31H46N6O/c1-24(2)12-19-36(20-13-25(3)4)31(38)26-14-21-37-29(22-26)28(11-9-18-35-16-6-5-7-17-35)30(34-37)33-27-10-8-15-32-23-27/h8,10,14-15,21-25H,5-7,9,11-13,16-20H2,1-4H3,(H,33,34). The number of aromatic nitrogens is 3. The summed E-state index contributed by atoms with van der Waals surface area (Å²) in [5, 5.41) is 8.36. The lowest BCUT2D eigenvalue weighted by Gasteiger charge is -2.26. The van der Waals surface area contributed by atoms with Crippen molar-refractivity contribution in [2.24, 2.45) is 11.8 Å². The van der Waals surface area contributed by atoms with Gasteiger partial charge < -0.3 is 15.1 Å². The van der Waals surface area contributed by atoms with Crippen LogP contribution in [0.25, 0.3) is 5.52 Å². The molecule has 0 spiro atoms. The maximum absolute atomic E-state index is 13.7. The number of anilines is 2. The average molecular weight is 519 g/mol. The number of fused-ring (bicyclic) bond motifs is 1. The molecule has 3 aromatic heterocycles. The first-order chi connectivity index (χ1) is 18.4. The Bertz CT molecular complexity index is 1140. The molecule has 0 radical (unpaired) electrons. The van der Waals surface area contributed by atoms with Crippen LogP contribution in [0.4, 0.5) is 11.5 Å². The molecule has 1 saturated heterocycles. The van der Waals surface area contributed by atoms with Gasteiger partial charge in [0.25, 0.3) is 5.91 Å². The molecule has 0 aliphatic carbocycles. The molecule has 0 unspecified atom stereocenters. The van der Waals surface area contributed by atoms with Gasteiger partial charge in [0.05, 0.1) is 17.4 Å². The van der Waals surface area contributed by atoms with E-state index in [1.54, 1.807) is 6.20 Å². The van der Waals surface area contributed by atoms with E-state index >= 15 is 0 Å². The van der Waals surface area contributed by atoms with E-state index < -0.39 is 0 Å². The van der Waals surface area contributed by atoms with Crippen molar-refractivity contribution < 1.29 is 4.79 Å². The van der Waals surface area contributed by atoms with Gasteiger partial charge in [0, 0.05) is 36.6 Å². The number of nitrogens with one attached hydrogen (secondary N) is 1. The molecule has 1 amide bonds. The van der Waals surface area contributed by atoms with E-state index in [1.165, 1.54) is 32.4 Å². The van der Waals surface area contributed by atoms with Crippen molar-refractivity contribution in [3.05, 3.63) is 54.0 Å². The van der Waals surface area contributed by atoms with Crippen molar-refractivity contribution in [2.75, 3.05) is 38.0 Å². The molecule has 0 bridgehead atoms. The van der Waals surface area contributed by atoms with E-state index in [-0.39, 0.29) is 5.91 Å². The number of rotatable bonds is 13. The first-order valence-corrected chi connectivity index (χ1v) is 14.6. The van der Waals surface area contributed by atoms with E-state index in [0.29, 0.717) is 11.8 Å². The Kier molecular flexibility index (Phi) is 10.2. The fourth-order valence-electron chi connectivity index (χ4n) is 5.14. The van der Waals surface area contributed by atoms with Crippen LogP contribution in [-0.4, -0.2) is 63.0 Å². The number of hydrogen-bond acceptors (Lipinski definition) is 5. The highest BCUT2D eigenvalue weighted by Crippen LogP contribution is 2.27. The predicted octanol–water partition coefficient (Wildman–Crippen LogP) is 6.43. The third kappa shape index (κ3) is 7.79. The summed E-state index contributed by atoms with van der Waals surface area (Å²) in [5.41, 5.74) is 3.83. The topological polar surface area (TPSA) is 65.8 Å². The molecule has 0 aromatic carbocycles. The van der Waals surface area contributed by atoms with Crippen molar-refractivity contribution >= 4 is 22.9 Å². The number of carbonyl (C=O) groups excluding carboxylic acids is 1. The van der Waals surface area contributed by atoms with E-state index in [4.69, 9.17) is 5.10 Å². The molecular formula is C31H46N6O. The highest BCUT2D eigenvalue weighted by molar-refractivity contribution is 5.95. The van der Waals surface area contributed by atoms with Crippen molar-refractivity contribution in [1.29, 1.82) is 0 Å². The largest absolute Gasteiger partial charge is 0.339 e. The number of hydrogen-bond donors (Lipinski definition) is 1. The molecule has 7 nitrogen and oxygen atoms in total. The normalized spacial score (nSPS) is 14.5. The van der Waals surface area contributed by atoms with E-state index in [1.807, 2.05) is 40.0 Å². The van der Waals surface area contributed by atoms with E-state index in [2.05, 4.69) is 49.0 Å². The third-order valence-corrected chi connectivity index (χ3v) is 7.50. The Balaban J connectivity index is 1.60. The number of nitrogens with zero attached hydrogens (tertiary/aromatic N) is 5. The van der Waals surface area contributed by atoms with Gasteiger partial charge in [-0.25, -0.2) is 4.52 Å². The summed E-state index contributed by atoms with van der Waals surface area (Å²) in [5.74, 6) is 2.09. The van der Waals surface area contributed by atoms with Gasteiger partial charge in [0.15, 0.2) is 5.82 Å². The molecule has 1 N–H and O–H groups in total. The Morgan fingerprint density at radius 2 is 1.79 bits per heavy atom. The lowest BCUT2D eigenvalue weighted by atomic mass is 10.1. The molecule has 1 fully saturated rings. The van der Waals surface area contributed by atoms with Crippen LogP contribution in [0.5, 0.6) is 0 Å². The van der Waals surface area contributed by atoms with Gasteiger partial charge in [0.2, 0.25) is 0 Å². The zero-order valence-electron chi connectivity index (χ0n) is 23.8. The molecule has 1 aliphatic heterocycles. The third-order valence-electron chi connectivity index (χ3n) is 7.50. The van der Waals surface area contributed by atoms with Crippen LogP contribution in [0.1, 0.15) is 82.1 Å².